The number of nitrogens with one attached hydrogen (secondary N) is 2. The Labute approximate surface area is 315 Å². The third-order valence-corrected chi connectivity index (χ3v) is 11.3. The van der Waals surface area contributed by atoms with Crippen LogP contribution >= 0.6 is 11.8 Å². The fourth-order valence-electron chi connectivity index (χ4n) is 6.16. The van der Waals surface area contributed by atoms with Gasteiger partial charge in [-0.15, -0.1) is 11.8 Å². The maximum Gasteiger partial charge on any atom is 0.418 e. The smallest absolute Gasteiger partial charge is 0.418 e. The van der Waals surface area contributed by atoms with E-state index in [9.17, 15) is 36.3 Å². The molecule has 6 rings (SSSR count). The van der Waals surface area contributed by atoms with E-state index in [4.69, 9.17) is 0 Å². The normalized spacial score (nSPS) is 13.4. The van der Waals surface area contributed by atoms with Gasteiger partial charge in [-0.1, -0.05) is 36.4 Å². The monoisotopic (exact) mass is 774 g/mol. The van der Waals surface area contributed by atoms with Crippen molar-refractivity contribution in [3.63, 3.8) is 0 Å². The summed E-state index contributed by atoms with van der Waals surface area (Å²) in [6.45, 7) is 4.06. The minimum atomic E-state index is -4.85. The number of halogens is 3. The number of sulfonamides is 1. The fourth-order valence-corrected chi connectivity index (χ4v) is 7.95. The van der Waals surface area contributed by atoms with Gasteiger partial charge < -0.3 is 20.2 Å². The third kappa shape index (κ3) is 9.18. The van der Waals surface area contributed by atoms with Gasteiger partial charge >= 0.3 is 6.18 Å². The number of phenols is 1. The number of anilines is 2. The van der Waals surface area contributed by atoms with Gasteiger partial charge in [-0.3, -0.25) is 9.59 Å². The molecule has 2 amide bonds. The quantitative estimate of drug-likeness (QED) is 0.0925. The van der Waals surface area contributed by atoms with Gasteiger partial charge in [0.2, 0.25) is 0 Å². The molecule has 0 unspecified atom stereocenters. The summed E-state index contributed by atoms with van der Waals surface area (Å²) in [6, 6.07) is 30.6. The highest BCUT2D eigenvalue weighted by Gasteiger charge is 2.35. The molecule has 54 heavy (non-hydrogen) atoms. The van der Waals surface area contributed by atoms with Gasteiger partial charge in [-0.25, -0.2) is 13.1 Å². The molecule has 5 aromatic carbocycles. The van der Waals surface area contributed by atoms with E-state index in [2.05, 4.69) is 5.32 Å². The molecule has 14 heteroatoms. The van der Waals surface area contributed by atoms with Gasteiger partial charge in [0.05, 0.1) is 10.5 Å². The summed E-state index contributed by atoms with van der Waals surface area (Å²) in [5, 5.41) is 12.6. The predicted molar refractivity (Wildman–Crippen MR) is 205 cm³/mol. The molecule has 3 N–H and O–H groups in total. The second-order valence-corrected chi connectivity index (χ2v) is 15.5. The van der Waals surface area contributed by atoms with Crippen LogP contribution in [-0.4, -0.2) is 68.7 Å². The molecule has 0 spiro atoms. The largest absolute Gasteiger partial charge is 0.508 e. The van der Waals surface area contributed by atoms with Gasteiger partial charge in [0.1, 0.15) is 5.75 Å². The maximum atomic E-state index is 14.0. The summed E-state index contributed by atoms with van der Waals surface area (Å²) in [5.41, 5.74) is 2.58. The summed E-state index contributed by atoms with van der Waals surface area (Å²) in [5.74, 6) is -0.446. The second-order valence-electron chi connectivity index (χ2n) is 12.6. The predicted octanol–water partition coefficient (Wildman–Crippen LogP) is 7.67. The van der Waals surface area contributed by atoms with E-state index < -0.39 is 32.6 Å². The van der Waals surface area contributed by atoms with E-state index >= 15 is 0 Å². The zero-order valence-electron chi connectivity index (χ0n) is 29.1. The van der Waals surface area contributed by atoms with Crippen LogP contribution in [0.5, 0.6) is 5.75 Å². The molecule has 1 aliphatic rings. The molecule has 0 aromatic heterocycles. The Morgan fingerprint density at radius 2 is 1.52 bits per heavy atom. The number of carbonyl (C=O) groups is 2. The minimum absolute atomic E-state index is 0.00548. The van der Waals surface area contributed by atoms with E-state index in [-0.39, 0.29) is 29.5 Å². The van der Waals surface area contributed by atoms with Crippen LogP contribution < -0.4 is 14.9 Å². The number of amides is 2. The van der Waals surface area contributed by atoms with E-state index in [0.717, 1.165) is 39.4 Å². The topological polar surface area (TPSA) is 119 Å². The Morgan fingerprint density at radius 1 is 0.815 bits per heavy atom. The Bertz CT molecular complexity index is 2240. The first-order valence-corrected chi connectivity index (χ1v) is 19.5. The zero-order chi connectivity index (χ0) is 38.5. The number of thioether (sulfide) groups is 1. The summed E-state index contributed by atoms with van der Waals surface area (Å²) in [7, 11) is -4.65. The Morgan fingerprint density at radius 3 is 2.19 bits per heavy atom. The highest BCUT2D eigenvalue weighted by molar-refractivity contribution is 7.99. The summed E-state index contributed by atoms with van der Waals surface area (Å²) >= 11 is 1.47. The molecule has 0 radical (unpaired) electrons. The zero-order valence-corrected chi connectivity index (χ0v) is 30.8. The third-order valence-electron chi connectivity index (χ3n) is 8.96. The van der Waals surface area contributed by atoms with Crippen LogP contribution in [0, 0.1) is 6.92 Å². The number of rotatable bonds is 11. The van der Waals surface area contributed by atoms with Gasteiger partial charge in [0, 0.05) is 65.9 Å². The van der Waals surface area contributed by atoms with Crippen molar-refractivity contribution in [2.45, 2.75) is 22.9 Å². The maximum absolute atomic E-state index is 14.0. The van der Waals surface area contributed by atoms with E-state index in [1.807, 2.05) is 65.1 Å². The van der Waals surface area contributed by atoms with Crippen molar-refractivity contribution in [3.8, 4) is 16.9 Å². The molecule has 1 saturated heterocycles. The SMILES string of the molecule is Cc1cc(C(=O)N2CCN(c3ccc(C(=O)NS(=O)(=O)c4ccc(NCCSc5ccccc5)c(C(F)(F)F)c4)cc3)CC2)ccc1-c1cccc(O)c1. The van der Waals surface area contributed by atoms with Gasteiger partial charge in [0.15, 0.2) is 0 Å². The number of nitrogens with zero attached hydrogens (tertiary/aromatic N) is 2. The molecular formula is C40H37F3N4O5S2. The number of hydrogen-bond donors (Lipinski definition) is 3. The highest BCUT2D eigenvalue weighted by Crippen LogP contribution is 2.36. The molecule has 1 heterocycles. The van der Waals surface area contributed by atoms with Crippen LogP contribution in [0.15, 0.2) is 125 Å². The first kappa shape index (κ1) is 38.3. The molecule has 280 valence electrons. The summed E-state index contributed by atoms with van der Waals surface area (Å²) in [4.78, 5) is 30.4. The molecule has 0 saturated carbocycles. The number of piperazine rings is 1. The molecule has 0 bridgehead atoms. The van der Waals surface area contributed by atoms with Crippen LogP contribution in [0.4, 0.5) is 24.5 Å². The number of aryl methyl sites for hydroxylation is 1. The molecule has 0 atom stereocenters. The summed E-state index contributed by atoms with van der Waals surface area (Å²) < 4.78 is 70.0. The van der Waals surface area contributed by atoms with Crippen LogP contribution in [0.3, 0.4) is 0 Å². The second kappa shape index (κ2) is 16.3. The number of benzene rings is 5. The van der Waals surface area contributed by atoms with Crippen LogP contribution in [0.25, 0.3) is 11.1 Å². The van der Waals surface area contributed by atoms with Gasteiger partial charge in [0.25, 0.3) is 21.8 Å². The lowest BCUT2D eigenvalue weighted by Crippen LogP contribution is -2.48. The first-order valence-electron chi connectivity index (χ1n) is 17.0. The molecule has 5 aromatic rings. The van der Waals surface area contributed by atoms with Crippen LogP contribution in [0.2, 0.25) is 0 Å². The van der Waals surface area contributed by atoms with Crippen molar-refractivity contribution in [2.75, 3.05) is 48.7 Å². The molecule has 0 aliphatic carbocycles. The lowest BCUT2D eigenvalue weighted by atomic mass is 9.98. The van der Waals surface area contributed by atoms with Gasteiger partial charge in [-0.2, -0.15) is 13.2 Å². The van der Waals surface area contributed by atoms with Crippen molar-refractivity contribution < 1.29 is 36.3 Å². The van der Waals surface area contributed by atoms with Crippen molar-refractivity contribution in [3.05, 3.63) is 138 Å². The lowest BCUT2D eigenvalue weighted by molar-refractivity contribution is -0.137. The Balaban J connectivity index is 1.04. The molecule has 9 nitrogen and oxygen atoms in total. The first-order chi connectivity index (χ1) is 25.8. The number of carbonyl (C=O) groups excluding carboxylic acids is 2. The number of aromatic hydroxyl groups is 1. The van der Waals surface area contributed by atoms with Crippen molar-refractivity contribution in [2.24, 2.45) is 0 Å². The minimum Gasteiger partial charge on any atom is -0.508 e. The average Bonchev–Trinajstić information content (AvgIpc) is 3.16. The average molecular weight is 775 g/mol. The number of phenolic OH excluding ortho intramolecular Hbond substituents is 1. The van der Waals surface area contributed by atoms with E-state index in [1.54, 1.807) is 41.3 Å². The summed E-state index contributed by atoms with van der Waals surface area (Å²) in [6.07, 6.45) is -4.85. The lowest BCUT2D eigenvalue weighted by Gasteiger charge is -2.36. The number of hydrogen-bond acceptors (Lipinski definition) is 8. The van der Waals surface area contributed by atoms with E-state index in [1.165, 1.54) is 23.9 Å². The van der Waals surface area contributed by atoms with Crippen LogP contribution in [-0.2, 0) is 16.2 Å². The van der Waals surface area contributed by atoms with Gasteiger partial charge in [-0.05, 0) is 102 Å². The molecular weight excluding hydrogens is 738 g/mol. The Hall–Kier alpha value is -5.47. The van der Waals surface area contributed by atoms with E-state index in [0.29, 0.717) is 43.6 Å². The Kier molecular flexibility index (Phi) is 11.5. The standard InChI is InChI=1S/C40H37F3N4O5S2/c1-27-24-30(12-16-35(27)29-6-5-7-32(48)25-29)39(50)47-21-19-46(20-22-47)31-13-10-28(11-14-31)38(49)45-54(51,52)34-15-17-37(36(26-34)40(41,42)43)44-18-23-53-33-8-3-2-4-9-33/h2-17,24-26,44,48H,18-23H2,1H3,(H,45,49). The van der Waals surface area contributed by atoms with Crippen molar-refractivity contribution in [1.29, 1.82) is 0 Å². The highest BCUT2D eigenvalue weighted by atomic mass is 32.2. The molecule has 1 aliphatic heterocycles. The van der Waals surface area contributed by atoms with Crippen LogP contribution in [0.1, 0.15) is 31.8 Å². The van der Waals surface area contributed by atoms with Crippen molar-refractivity contribution in [1.82, 2.24) is 9.62 Å². The number of alkyl halides is 3. The fraction of sp³-hybridized carbons (Fsp3) is 0.200. The molecule has 1 fully saturated rings. The van der Waals surface area contributed by atoms with Crippen molar-refractivity contribution >= 4 is 45.0 Å².